The predicted octanol–water partition coefficient (Wildman–Crippen LogP) is -3.25. The molecule has 8 atom stereocenters. The van der Waals surface area contributed by atoms with E-state index in [-0.39, 0.29) is 18.8 Å². The molecule has 0 spiro atoms. The van der Waals surface area contributed by atoms with Crippen molar-refractivity contribution in [2.45, 2.75) is 272 Å². The number of amides is 17. The topological polar surface area (TPSA) is 504 Å². The van der Waals surface area contributed by atoms with Crippen LogP contribution < -0.4 is 90.5 Å². The van der Waals surface area contributed by atoms with Gasteiger partial charge in [-0.05, 0) is 177 Å². The Balaban J connectivity index is 2.78. The van der Waals surface area contributed by atoms with Gasteiger partial charge in [0.15, 0.2) is 0 Å². The van der Waals surface area contributed by atoms with E-state index in [1.165, 1.54) is 166 Å². The molecular weight excluding hydrogens is 1350 g/mol. The lowest BCUT2D eigenvalue weighted by Crippen LogP contribution is -2.65. The number of benzene rings is 1. The van der Waals surface area contributed by atoms with Crippen LogP contribution >= 0.6 is 12.6 Å². The second kappa shape index (κ2) is 36.9. The maximum Gasteiger partial charge on any atom is 0.268 e. The molecule has 1 aromatic carbocycles. The average Bonchev–Trinajstić information content (AvgIpc) is 0.843. The van der Waals surface area contributed by atoms with Gasteiger partial charge in [0.25, 0.3) is 5.91 Å². The Morgan fingerprint density at radius 1 is 0.294 bits per heavy atom. The van der Waals surface area contributed by atoms with E-state index in [1.54, 1.807) is 24.3 Å². The zero-order chi connectivity index (χ0) is 79.4. The summed E-state index contributed by atoms with van der Waals surface area (Å²) in [5, 5.41) is 39.7. The van der Waals surface area contributed by atoms with Crippen molar-refractivity contribution >= 4 is 113 Å². The first-order chi connectivity index (χ1) is 46.3. The van der Waals surface area contributed by atoms with Crippen molar-refractivity contribution in [3.8, 4) is 0 Å². The van der Waals surface area contributed by atoms with Gasteiger partial charge in [-0.25, -0.2) is 5.48 Å². The molecule has 572 valence electrons. The zero-order valence-corrected chi connectivity index (χ0v) is 63.8. The molecule has 1 rings (SSSR count). The Morgan fingerprint density at radius 2 is 0.471 bits per heavy atom. The SMILES string of the molecule is C[C@H](NC(=O)CCS)C(=O)NC(C)(C)C(=O)N[C@@H](C)C(=O)NC(C)(C)C(=O)N[C@@H](C)C(=O)NC(C)(C)C(=O)N[C@@H](C)C(=O)NC(C)(C)C(=O)N[C@@H](C)C(=O)NC(C)(C)C(=O)N[C@@H](C)C(=O)NC(C)(C)C(=O)N[C@@H](C)C(=O)NC(C)(C)C(=O)N[C@@H](C)C(=O)NC(C)(C)C(=O)NOCc1ccccc1. The van der Waals surface area contributed by atoms with Crippen LogP contribution in [0, 0.1) is 0 Å². The molecule has 0 aliphatic carbocycles. The molecule has 0 aliphatic heterocycles. The van der Waals surface area contributed by atoms with Crippen molar-refractivity contribution in [3.05, 3.63) is 35.9 Å². The molecule has 36 heteroatoms. The number of hydroxylamine groups is 1. The molecule has 0 radical (unpaired) electrons. The van der Waals surface area contributed by atoms with Crippen molar-refractivity contribution < 1.29 is 86.3 Å². The van der Waals surface area contributed by atoms with Crippen LogP contribution in [-0.4, -0.2) is 199 Å². The highest BCUT2D eigenvalue weighted by atomic mass is 32.1. The quantitative estimate of drug-likeness (QED) is 0.0230. The van der Waals surface area contributed by atoms with E-state index in [0.717, 1.165) is 5.56 Å². The summed E-state index contributed by atoms with van der Waals surface area (Å²) in [5.74, 6) is -13.2. The van der Waals surface area contributed by atoms with Gasteiger partial charge in [0.05, 0.1) is 6.61 Å². The summed E-state index contributed by atoms with van der Waals surface area (Å²) in [4.78, 5) is 230. The molecule has 17 amide bonds. The first kappa shape index (κ1) is 90.5. The van der Waals surface area contributed by atoms with Gasteiger partial charge < -0.3 is 85.1 Å². The summed E-state index contributed by atoms with van der Waals surface area (Å²) < 4.78 is 0. The van der Waals surface area contributed by atoms with Gasteiger partial charge in [-0.2, -0.15) is 12.6 Å². The highest BCUT2D eigenvalue weighted by molar-refractivity contribution is 7.80. The van der Waals surface area contributed by atoms with Gasteiger partial charge in [-0.1, -0.05) is 30.3 Å². The molecular formula is C66H109N17O18S. The normalized spacial score (nSPS) is 14.4. The molecule has 0 fully saturated rings. The van der Waals surface area contributed by atoms with Crippen LogP contribution in [0.3, 0.4) is 0 Å². The van der Waals surface area contributed by atoms with Crippen molar-refractivity contribution in [2.24, 2.45) is 0 Å². The van der Waals surface area contributed by atoms with Crippen LogP contribution in [0.2, 0.25) is 0 Å². The highest BCUT2D eigenvalue weighted by Gasteiger charge is 2.43. The van der Waals surface area contributed by atoms with Crippen molar-refractivity contribution in [3.63, 3.8) is 0 Å². The number of rotatable bonds is 37. The van der Waals surface area contributed by atoms with E-state index >= 15 is 0 Å². The second-order valence-corrected chi connectivity index (χ2v) is 29.7. The van der Waals surface area contributed by atoms with Crippen molar-refractivity contribution in [2.75, 3.05) is 5.75 Å². The molecule has 0 saturated heterocycles. The summed E-state index contributed by atoms with van der Waals surface area (Å²) >= 11 is 3.98. The lowest BCUT2D eigenvalue weighted by molar-refractivity contribution is -0.143. The first-order valence-corrected chi connectivity index (χ1v) is 33.5. The largest absolute Gasteiger partial charge is 0.345 e. The molecule has 102 heavy (non-hydrogen) atoms. The van der Waals surface area contributed by atoms with E-state index in [9.17, 15) is 81.5 Å². The van der Waals surface area contributed by atoms with Crippen molar-refractivity contribution in [1.29, 1.82) is 0 Å². The van der Waals surface area contributed by atoms with Crippen LogP contribution in [0.4, 0.5) is 0 Å². The van der Waals surface area contributed by atoms with Crippen molar-refractivity contribution in [1.82, 2.24) is 90.5 Å². The van der Waals surface area contributed by atoms with Gasteiger partial charge in [0.1, 0.15) is 92.6 Å². The van der Waals surface area contributed by atoms with E-state index < -0.39 is 193 Å². The lowest BCUT2D eigenvalue weighted by atomic mass is 10.0. The molecule has 0 aromatic heterocycles. The van der Waals surface area contributed by atoms with Gasteiger partial charge in [-0.15, -0.1) is 0 Å². The van der Waals surface area contributed by atoms with Crippen LogP contribution in [-0.2, 0) is 93.0 Å². The number of carbonyl (C=O) groups excluding carboxylic acids is 17. The molecule has 0 unspecified atom stereocenters. The Hall–Kier alpha value is -9.48. The molecule has 0 aliphatic rings. The number of thiol groups is 1. The summed E-state index contributed by atoms with van der Waals surface area (Å²) in [6.45, 7) is 32.1. The Labute approximate surface area is 601 Å². The Kier molecular flexibility index (Phi) is 32.8. The van der Waals surface area contributed by atoms with Crippen LogP contribution in [0.15, 0.2) is 30.3 Å². The third-order valence-electron chi connectivity index (χ3n) is 15.6. The van der Waals surface area contributed by atoms with Gasteiger partial charge in [0, 0.05) is 6.42 Å². The standard InChI is InChI=1S/C66H109N17O18S/c1-33(67-42(84)30-31-102)43(85)75-59(9,10)51(93)68-34(2)44(86)76-60(11,12)52(94)69-35(3)45(87)77-61(13,14)53(95)70-36(4)46(88)78-62(15,16)54(96)71-37(5)47(89)79-63(17,18)55(97)72-38(6)48(90)80-64(19,20)56(98)73-39(7)49(91)81-65(21,22)57(99)74-40(8)50(92)82-66(23,24)58(100)83-101-32-41-28-26-25-27-29-41/h25-29,33-40,102H,30-32H2,1-24H3,(H,67,84)(H,68,93)(H,69,94)(H,70,95)(H,71,96)(H,72,97)(H,73,98)(H,74,99)(H,75,85)(H,76,86)(H,77,87)(H,78,88)(H,79,89)(H,80,90)(H,81,91)(H,82,92)(H,83,100)/t33-,34-,35-,36-,37-,38-,39-,40-/m0/s1. The number of hydrogen-bond donors (Lipinski definition) is 18. The van der Waals surface area contributed by atoms with Gasteiger partial charge in [0.2, 0.25) is 94.5 Å². The van der Waals surface area contributed by atoms with E-state index in [2.05, 4.69) is 103 Å². The minimum atomic E-state index is -1.74. The molecule has 17 N–H and O–H groups in total. The first-order valence-electron chi connectivity index (χ1n) is 32.9. The molecule has 0 saturated carbocycles. The van der Waals surface area contributed by atoms with Crippen LogP contribution in [0.25, 0.3) is 0 Å². The van der Waals surface area contributed by atoms with Gasteiger partial charge in [-0.3, -0.25) is 86.3 Å². The number of carbonyl (C=O) groups is 17. The maximum absolute atomic E-state index is 13.5. The lowest BCUT2D eigenvalue weighted by Gasteiger charge is -2.32. The smallest absolute Gasteiger partial charge is 0.268 e. The van der Waals surface area contributed by atoms with Crippen LogP contribution in [0.5, 0.6) is 0 Å². The molecule has 0 heterocycles. The minimum Gasteiger partial charge on any atom is -0.345 e. The Morgan fingerprint density at radius 3 is 0.657 bits per heavy atom. The Bertz CT molecular complexity index is 3320. The minimum absolute atomic E-state index is 0.0696. The summed E-state index contributed by atoms with van der Waals surface area (Å²) in [6, 6.07) is -1.00. The van der Waals surface area contributed by atoms with E-state index in [1.807, 2.05) is 6.07 Å². The molecule has 0 bridgehead atoms. The highest BCUT2D eigenvalue weighted by Crippen LogP contribution is 2.14. The van der Waals surface area contributed by atoms with E-state index in [0.29, 0.717) is 0 Å². The van der Waals surface area contributed by atoms with Crippen LogP contribution in [0.1, 0.15) is 178 Å². The predicted molar refractivity (Wildman–Crippen MR) is 376 cm³/mol. The molecule has 35 nitrogen and oxygen atoms in total. The third kappa shape index (κ3) is 28.5. The summed E-state index contributed by atoms with van der Waals surface area (Å²) in [5.41, 5.74) is -10.2. The van der Waals surface area contributed by atoms with Gasteiger partial charge >= 0.3 is 0 Å². The number of hydrogen-bond acceptors (Lipinski definition) is 19. The monoisotopic (exact) mass is 1460 g/mol. The average molecular weight is 1460 g/mol. The summed E-state index contributed by atoms with van der Waals surface area (Å²) in [7, 11) is 0. The fourth-order valence-corrected chi connectivity index (χ4v) is 8.45. The maximum atomic E-state index is 13.5. The summed E-state index contributed by atoms with van der Waals surface area (Å²) in [6.07, 6.45) is 0.0710. The second-order valence-electron chi connectivity index (χ2n) is 29.2. The fraction of sp³-hybridized carbons (Fsp3) is 0.652. The fourth-order valence-electron chi connectivity index (χ4n) is 8.25. The number of nitrogens with one attached hydrogen (secondary N) is 17. The third-order valence-corrected chi connectivity index (χ3v) is 15.8. The zero-order valence-electron chi connectivity index (χ0n) is 62.9. The van der Waals surface area contributed by atoms with E-state index in [4.69, 9.17) is 4.84 Å². The molecule has 1 aromatic rings.